The first-order chi connectivity index (χ1) is 12.6. The Bertz CT molecular complexity index is 802. The lowest BCUT2D eigenvalue weighted by atomic mass is 9.96. The van der Waals surface area contributed by atoms with Crippen molar-refractivity contribution < 1.29 is 18.8 Å². The van der Waals surface area contributed by atoms with Gasteiger partial charge in [0.1, 0.15) is 0 Å². The van der Waals surface area contributed by atoms with Crippen molar-refractivity contribution in [3.8, 4) is 0 Å². The van der Waals surface area contributed by atoms with Crippen molar-refractivity contribution in [3.05, 3.63) is 53.2 Å². The van der Waals surface area contributed by atoms with Crippen LogP contribution in [0.1, 0.15) is 46.4 Å². The van der Waals surface area contributed by atoms with Gasteiger partial charge in [0.2, 0.25) is 11.8 Å². The number of hydrogen-bond acceptors (Lipinski definition) is 6. The maximum atomic E-state index is 12.4. The molecule has 0 saturated carbocycles. The van der Waals surface area contributed by atoms with Crippen molar-refractivity contribution in [2.75, 3.05) is 20.2 Å². The molecule has 0 bridgehead atoms. The minimum atomic E-state index is -0.379. The highest BCUT2D eigenvalue weighted by Gasteiger charge is 2.26. The van der Waals surface area contributed by atoms with Gasteiger partial charge in [-0.05, 0) is 43.5 Å². The fourth-order valence-electron chi connectivity index (χ4n) is 2.95. The monoisotopic (exact) mass is 355 g/mol. The van der Waals surface area contributed by atoms with Crippen LogP contribution in [-0.4, -0.2) is 47.1 Å². The minimum absolute atomic E-state index is 0.0257. The molecule has 7 heteroatoms. The Morgan fingerprint density at radius 1 is 1.23 bits per heavy atom. The third kappa shape index (κ3) is 4.17. The van der Waals surface area contributed by atoms with E-state index in [0.29, 0.717) is 30.4 Å². The van der Waals surface area contributed by atoms with Crippen molar-refractivity contribution in [2.24, 2.45) is 0 Å². The number of aryl methyl sites for hydroxylation is 1. The van der Waals surface area contributed by atoms with Crippen LogP contribution < -0.4 is 0 Å². The summed E-state index contributed by atoms with van der Waals surface area (Å²) < 4.78 is 9.89. The Morgan fingerprint density at radius 2 is 1.92 bits per heavy atom. The van der Waals surface area contributed by atoms with E-state index in [9.17, 15) is 9.59 Å². The van der Waals surface area contributed by atoms with E-state index in [2.05, 4.69) is 14.9 Å². The zero-order valence-corrected chi connectivity index (χ0v) is 14.8. The van der Waals surface area contributed by atoms with Crippen LogP contribution in [-0.2, 0) is 9.53 Å². The molecule has 0 N–H and O–H groups in total. The molecule has 2 aromatic rings. The molecule has 1 aromatic carbocycles. The molecule has 0 aliphatic carbocycles. The number of carbonyl (C=O) groups excluding carboxylic acids is 2. The van der Waals surface area contributed by atoms with Gasteiger partial charge in [-0.3, -0.25) is 4.79 Å². The van der Waals surface area contributed by atoms with Crippen LogP contribution in [0.25, 0.3) is 6.08 Å². The molecule has 1 fully saturated rings. The molecule has 26 heavy (non-hydrogen) atoms. The van der Waals surface area contributed by atoms with Crippen LogP contribution >= 0.6 is 0 Å². The summed E-state index contributed by atoms with van der Waals surface area (Å²) in [5, 5.41) is 3.82. The second kappa shape index (κ2) is 7.95. The van der Waals surface area contributed by atoms with Crippen molar-refractivity contribution in [1.82, 2.24) is 15.0 Å². The van der Waals surface area contributed by atoms with Gasteiger partial charge in [-0.1, -0.05) is 17.3 Å². The topological polar surface area (TPSA) is 85.5 Å². The zero-order valence-electron chi connectivity index (χ0n) is 14.8. The summed E-state index contributed by atoms with van der Waals surface area (Å²) >= 11 is 0. The Kier molecular flexibility index (Phi) is 5.46. The maximum Gasteiger partial charge on any atom is 0.337 e. The Hall–Kier alpha value is -2.96. The fraction of sp³-hybridized carbons (Fsp3) is 0.368. The van der Waals surface area contributed by atoms with Crippen molar-refractivity contribution in [1.29, 1.82) is 0 Å². The first-order valence-corrected chi connectivity index (χ1v) is 8.52. The van der Waals surface area contributed by atoms with E-state index >= 15 is 0 Å². The lowest BCUT2D eigenvalue weighted by Gasteiger charge is -2.29. The van der Waals surface area contributed by atoms with E-state index in [4.69, 9.17) is 4.52 Å². The van der Waals surface area contributed by atoms with Gasteiger partial charge in [-0.25, -0.2) is 4.79 Å². The number of likely N-dealkylation sites (tertiary alicyclic amines) is 1. The molecule has 0 radical (unpaired) electrons. The molecule has 1 aliphatic rings. The largest absolute Gasteiger partial charge is 0.465 e. The molecule has 0 atom stereocenters. The van der Waals surface area contributed by atoms with E-state index in [1.807, 2.05) is 4.90 Å². The molecule has 136 valence electrons. The number of rotatable bonds is 4. The number of benzene rings is 1. The first-order valence-electron chi connectivity index (χ1n) is 8.52. The van der Waals surface area contributed by atoms with Crippen molar-refractivity contribution in [3.63, 3.8) is 0 Å². The average Bonchev–Trinajstić information content (AvgIpc) is 3.12. The number of methoxy groups -OCH3 is 1. The first kappa shape index (κ1) is 17.8. The highest BCUT2D eigenvalue weighted by Crippen LogP contribution is 2.26. The van der Waals surface area contributed by atoms with Gasteiger partial charge in [0.15, 0.2) is 5.82 Å². The number of hydrogen-bond donors (Lipinski definition) is 0. The summed E-state index contributed by atoms with van der Waals surface area (Å²) in [5.41, 5.74) is 1.33. The van der Waals surface area contributed by atoms with Crippen LogP contribution in [0.15, 0.2) is 34.9 Å². The molecular formula is C19H21N3O4. The molecule has 1 aliphatic heterocycles. The van der Waals surface area contributed by atoms with Crippen LogP contribution in [0, 0.1) is 6.92 Å². The molecule has 3 rings (SSSR count). The second-order valence-corrected chi connectivity index (χ2v) is 6.23. The van der Waals surface area contributed by atoms with Crippen LogP contribution in [0.3, 0.4) is 0 Å². The lowest BCUT2D eigenvalue weighted by molar-refractivity contribution is -0.127. The third-order valence-corrected chi connectivity index (χ3v) is 4.45. The van der Waals surface area contributed by atoms with Gasteiger partial charge in [-0.2, -0.15) is 4.98 Å². The Balaban J connectivity index is 1.54. The Morgan fingerprint density at radius 3 is 2.50 bits per heavy atom. The Labute approximate surface area is 151 Å². The fourth-order valence-corrected chi connectivity index (χ4v) is 2.95. The van der Waals surface area contributed by atoms with E-state index in [-0.39, 0.29) is 17.8 Å². The second-order valence-electron chi connectivity index (χ2n) is 6.23. The number of aromatic nitrogens is 2. The molecule has 1 aromatic heterocycles. The SMILES string of the molecule is COC(=O)c1ccc(/C=C\C(=O)N2CCC(c3nc(C)no3)CC2)cc1. The molecule has 7 nitrogen and oxygen atoms in total. The number of piperidine rings is 1. The average molecular weight is 355 g/mol. The summed E-state index contributed by atoms with van der Waals surface area (Å²) in [7, 11) is 1.34. The smallest absolute Gasteiger partial charge is 0.337 e. The van der Waals surface area contributed by atoms with E-state index in [0.717, 1.165) is 18.4 Å². The van der Waals surface area contributed by atoms with Gasteiger partial charge in [-0.15, -0.1) is 0 Å². The third-order valence-electron chi connectivity index (χ3n) is 4.45. The standard InChI is InChI=1S/C19H21N3O4/c1-13-20-18(26-21-13)15-9-11-22(12-10-15)17(23)8-5-14-3-6-16(7-4-14)19(24)25-2/h3-8,15H,9-12H2,1-2H3/b8-5-. The van der Waals surface area contributed by atoms with Crippen LogP contribution in [0.4, 0.5) is 0 Å². The quantitative estimate of drug-likeness (QED) is 0.619. The number of carbonyl (C=O) groups is 2. The summed E-state index contributed by atoms with van der Waals surface area (Å²) in [6.07, 6.45) is 4.94. The molecular weight excluding hydrogens is 334 g/mol. The van der Waals surface area contributed by atoms with Gasteiger partial charge >= 0.3 is 5.97 Å². The zero-order chi connectivity index (χ0) is 18.5. The number of esters is 1. The summed E-state index contributed by atoms with van der Waals surface area (Å²) in [6.45, 7) is 3.13. The van der Waals surface area contributed by atoms with Gasteiger partial charge in [0.05, 0.1) is 12.7 Å². The number of ether oxygens (including phenoxy) is 1. The number of nitrogens with zero attached hydrogens (tertiary/aromatic N) is 3. The highest BCUT2D eigenvalue weighted by atomic mass is 16.5. The molecule has 0 spiro atoms. The highest BCUT2D eigenvalue weighted by molar-refractivity contribution is 5.92. The summed E-state index contributed by atoms with van der Waals surface area (Å²) in [5.74, 6) is 1.11. The van der Waals surface area contributed by atoms with Gasteiger partial charge < -0.3 is 14.2 Å². The molecule has 1 saturated heterocycles. The van der Waals surface area contributed by atoms with Crippen LogP contribution in [0.5, 0.6) is 0 Å². The predicted octanol–water partition coefficient (Wildman–Crippen LogP) is 2.58. The molecule has 0 unspecified atom stereocenters. The van der Waals surface area contributed by atoms with Crippen molar-refractivity contribution in [2.45, 2.75) is 25.7 Å². The van der Waals surface area contributed by atoms with Gasteiger partial charge in [0.25, 0.3) is 0 Å². The van der Waals surface area contributed by atoms with Gasteiger partial charge in [0, 0.05) is 25.1 Å². The lowest BCUT2D eigenvalue weighted by Crippen LogP contribution is -2.36. The maximum absolute atomic E-state index is 12.4. The normalized spacial score (nSPS) is 15.4. The van der Waals surface area contributed by atoms with E-state index < -0.39 is 0 Å². The van der Waals surface area contributed by atoms with E-state index in [1.165, 1.54) is 7.11 Å². The minimum Gasteiger partial charge on any atom is -0.465 e. The summed E-state index contributed by atoms with van der Waals surface area (Å²) in [4.78, 5) is 29.9. The predicted molar refractivity (Wildman–Crippen MR) is 94.4 cm³/mol. The van der Waals surface area contributed by atoms with Crippen molar-refractivity contribution >= 4 is 18.0 Å². The molecule has 2 heterocycles. The van der Waals surface area contributed by atoms with E-state index in [1.54, 1.807) is 43.3 Å². The number of amides is 1. The van der Waals surface area contributed by atoms with Crippen LogP contribution in [0.2, 0.25) is 0 Å². The summed E-state index contributed by atoms with van der Waals surface area (Å²) in [6, 6.07) is 6.90. The molecule has 1 amide bonds.